The number of hydrogen-bond acceptors (Lipinski definition) is 2. The van der Waals surface area contributed by atoms with Gasteiger partial charge >= 0.3 is 0 Å². The van der Waals surface area contributed by atoms with E-state index in [9.17, 15) is 5.11 Å². The Hall–Kier alpha value is -0.670. The fourth-order valence-electron chi connectivity index (χ4n) is 2.83. The number of hydrogen-bond donors (Lipinski definition) is 1. The molecule has 0 aromatic carbocycles. The molecule has 1 unspecified atom stereocenters. The van der Waals surface area contributed by atoms with E-state index in [1.807, 2.05) is 0 Å². The maximum atomic E-state index is 9.25. The molecule has 1 aliphatic rings. The molecule has 0 spiro atoms. The maximum Gasteiger partial charge on any atom is 0.198 e. The Morgan fingerprint density at radius 3 is 2.58 bits per heavy atom. The van der Waals surface area contributed by atoms with Crippen LogP contribution in [-0.2, 0) is 0 Å². The van der Waals surface area contributed by atoms with Crippen LogP contribution in [-0.4, -0.2) is 48.2 Å². The van der Waals surface area contributed by atoms with Crippen LogP contribution in [0.2, 0.25) is 0 Å². The van der Waals surface area contributed by atoms with E-state index in [0.29, 0.717) is 0 Å². The third-order valence-corrected chi connectivity index (χ3v) is 4.17. The number of aliphatic hydroxyl groups excluding tert-OH is 1. The van der Waals surface area contributed by atoms with E-state index in [4.69, 9.17) is 0 Å². The van der Waals surface area contributed by atoms with Gasteiger partial charge in [-0.25, -0.2) is 4.99 Å². The van der Waals surface area contributed by atoms with Gasteiger partial charge in [0.1, 0.15) is 13.1 Å². The predicted molar refractivity (Wildman–Crippen MR) is 82.4 cm³/mol. The minimum absolute atomic E-state index is 0.268. The normalized spacial score (nSPS) is 23.2. The number of nitrogens with zero attached hydrogens (tertiary/aromatic N) is 2. The van der Waals surface area contributed by atoms with Crippen LogP contribution in [0.3, 0.4) is 0 Å². The molecule has 1 N–H and O–H groups in total. The molecule has 1 heterocycles. The number of aliphatic hydroxyl groups is 1. The van der Waals surface area contributed by atoms with Crippen LogP contribution in [0.4, 0.5) is 0 Å². The number of likely N-dealkylation sites (N-methyl/N-ethyl adjacent to an activating group) is 1. The lowest BCUT2D eigenvalue weighted by Crippen LogP contribution is -2.52. The fraction of sp³-hybridized carbons (Fsp3) is 0.812. The Labute approximate surface area is 118 Å². The SMILES string of the molecule is CCCC/C=C/CCCC1=NCC[N+]1(CC)CCO. The molecule has 0 aliphatic carbocycles. The molecule has 0 fully saturated rings. The van der Waals surface area contributed by atoms with Crippen molar-refractivity contribution in [1.29, 1.82) is 0 Å². The van der Waals surface area contributed by atoms with E-state index >= 15 is 0 Å². The molecule has 1 atom stereocenters. The summed E-state index contributed by atoms with van der Waals surface area (Å²) in [6.45, 7) is 8.63. The lowest BCUT2D eigenvalue weighted by Gasteiger charge is -2.33. The van der Waals surface area contributed by atoms with Crippen LogP contribution in [0.1, 0.15) is 52.4 Å². The molecule has 0 aromatic rings. The van der Waals surface area contributed by atoms with Crippen molar-refractivity contribution < 1.29 is 9.59 Å². The average molecular weight is 267 g/mol. The summed E-state index contributed by atoms with van der Waals surface area (Å²) in [7, 11) is 0. The Morgan fingerprint density at radius 1 is 1.21 bits per heavy atom. The van der Waals surface area contributed by atoms with E-state index < -0.39 is 0 Å². The lowest BCUT2D eigenvalue weighted by atomic mass is 10.1. The number of rotatable bonds is 10. The van der Waals surface area contributed by atoms with Crippen molar-refractivity contribution in [3.63, 3.8) is 0 Å². The molecule has 0 saturated heterocycles. The lowest BCUT2D eigenvalue weighted by molar-refractivity contribution is -0.835. The van der Waals surface area contributed by atoms with E-state index in [-0.39, 0.29) is 6.61 Å². The molecule has 0 saturated carbocycles. The van der Waals surface area contributed by atoms with Crippen molar-refractivity contribution >= 4 is 5.84 Å². The van der Waals surface area contributed by atoms with Gasteiger partial charge in [-0.1, -0.05) is 31.9 Å². The molecular formula is C16H31N2O+. The van der Waals surface area contributed by atoms with Crippen LogP contribution in [0.15, 0.2) is 17.1 Å². The molecular weight excluding hydrogens is 236 g/mol. The van der Waals surface area contributed by atoms with Gasteiger partial charge in [0.2, 0.25) is 0 Å². The second-order valence-electron chi connectivity index (χ2n) is 5.44. The van der Waals surface area contributed by atoms with Gasteiger partial charge in [0.25, 0.3) is 0 Å². The zero-order valence-corrected chi connectivity index (χ0v) is 12.8. The maximum absolute atomic E-state index is 9.25. The van der Waals surface area contributed by atoms with E-state index in [2.05, 4.69) is 31.0 Å². The zero-order chi connectivity index (χ0) is 14.0. The smallest absolute Gasteiger partial charge is 0.198 e. The van der Waals surface area contributed by atoms with Gasteiger partial charge in [-0.3, -0.25) is 4.48 Å². The molecule has 1 rings (SSSR count). The number of quaternary nitrogens is 1. The topological polar surface area (TPSA) is 32.6 Å². The summed E-state index contributed by atoms with van der Waals surface area (Å²) >= 11 is 0. The fourth-order valence-corrected chi connectivity index (χ4v) is 2.83. The van der Waals surface area contributed by atoms with Crippen molar-refractivity contribution in [3.05, 3.63) is 12.2 Å². The minimum Gasteiger partial charge on any atom is -0.390 e. The number of unbranched alkanes of at least 4 members (excludes halogenated alkanes) is 3. The van der Waals surface area contributed by atoms with Crippen LogP contribution in [0, 0.1) is 0 Å². The molecule has 0 amide bonds. The summed E-state index contributed by atoms with van der Waals surface area (Å²) in [5, 5.41) is 9.25. The molecule has 19 heavy (non-hydrogen) atoms. The highest BCUT2D eigenvalue weighted by Crippen LogP contribution is 2.19. The minimum atomic E-state index is 0.268. The van der Waals surface area contributed by atoms with Gasteiger partial charge in [0.05, 0.1) is 19.7 Å². The number of aliphatic imine (C=N–C) groups is 1. The highest BCUT2D eigenvalue weighted by Gasteiger charge is 2.35. The molecule has 1 aliphatic heterocycles. The first kappa shape index (κ1) is 16.4. The van der Waals surface area contributed by atoms with Gasteiger partial charge in [-0.2, -0.15) is 0 Å². The van der Waals surface area contributed by atoms with Gasteiger partial charge in [0.15, 0.2) is 5.84 Å². The third-order valence-electron chi connectivity index (χ3n) is 4.17. The second-order valence-corrected chi connectivity index (χ2v) is 5.44. The highest BCUT2D eigenvalue weighted by molar-refractivity contribution is 5.76. The van der Waals surface area contributed by atoms with E-state index in [1.165, 1.54) is 31.5 Å². The van der Waals surface area contributed by atoms with Crippen LogP contribution in [0.25, 0.3) is 0 Å². The average Bonchev–Trinajstić information content (AvgIpc) is 2.82. The van der Waals surface area contributed by atoms with Crippen molar-refractivity contribution in [3.8, 4) is 0 Å². The van der Waals surface area contributed by atoms with Crippen LogP contribution in [0.5, 0.6) is 0 Å². The summed E-state index contributed by atoms with van der Waals surface area (Å²) in [5.74, 6) is 1.32. The van der Waals surface area contributed by atoms with Gasteiger partial charge < -0.3 is 5.11 Å². The molecule has 0 bridgehead atoms. The van der Waals surface area contributed by atoms with Crippen molar-refractivity contribution in [2.75, 3.05) is 32.8 Å². The Balaban J connectivity index is 2.29. The first-order valence-corrected chi connectivity index (χ1v) is 7.95. The van der Waals surface area contributed by atoms with Crippen molar-refractivity contribution in [2.45, 2.75) is 52.4 Å². The third kappa shape index (κ3) is 5.07. The summed E-state index contributed by atoms with van der Waals surface area (Å²) < 4.78 is 0.927. The molecule has 3 nitrogen and oxygen atoms in total. The van der Waals surface area contributed by atoms with Crippen LogP contribution >= 0.6 is 0 Å². The number of amidine groups is 1. The van der Waals surface area contributed by atoms with Gasteiger partial charge in [-0.15, -0.1) is 0 Å². The Bertz CT molecular complexity index is 299. The molecule has 3 heteroatoms. The quantitative estimate of drug-likeness (QED) is 0.368. The molecule has 0 aromatic heterocycles. The number of allylic oxidation sites excluding steroid dienone is 2. The second kappa shape index (κ2) is 9.27. The van der Waals surface area contributed by atoms with Crippen molar-refractivity contribution in [1.82, 2.24) is 0 Å². The standard InChI is InChI=1S/C16H31N2O/c1-3-5-6-7-8-9-10-11-16-17-12-13-18(16,4-2)14-15-19/h7-8,19H,3-6,9-15H2,1-2H3/q+1/b8-7+. The first-order chi connectivity index (χ1) is 9.29. The van der Waals surface area contributed by atoms with E-state index in [1.54, 1.807) is 0 Å². The summed E-state index contributed by atoms with van der Waals surface area (Å²) in [6.07, 6.45) is 11.9. The first-order valence-electron chi connectivity index (χ1n) is 7.95. The van der Waals surface area contributed by atoms with Gasteiger partial charge in [0, 0.05) is 6.42 Å². The molecule has 110 valence electrons. The monoisotopic (exact) mass is 267 g/mol. The van der Waals surface area contributed by atoms with E-state index in [0.717, 1.165) is 43.5 Å². The summed E-state index contributed by atoms with van der Waals surface area (Å²) in [4.78, 5) is 4.68. The zero-order valence-electron chi connectivity index (χ0n) is 12.8. The summed E-state index contributed by atoms with van der Waals surface area (Å²) in [5.41, 5.74) is 0. The van der Waals surface area contributed by atoms with Crippen LogP contribution < -0.4 is 0 Å². The van der Waals surface area contributed by atoms with Gasteiger partial charge in [-0.05, 0) is 26.2 Å². The van der Waals surface area contributed by atoms with Crippen molar-refractivity contribution in [2.24, 2.45) is 4.99 Å². The molecule has 0 radical (unpaired) electrons. The Kier molecular flexibility index (Phi) is 7.99. The Morgan fingerprint density at radius 2 is 1.95 bits per heavy atom. The summed E-state index contributed by atoms with van der Waals surface area (Å²) in [6, 6.07) is 0. The largest absolute Gasteiger partial charge is 0.390 e. The predicted octanol–water partition coefficient (Wildman–Crippen LogP) is 3.14. The highest BCUT2D eigenvalue weighted by atomic mass is 16.3.